The first kappa shape index (κ1) is 23.8. The molecule has 182 valence electrons. The van der Waals surface area contributed by atoms with Crippen LogP contribution in [0.5, 0.6) is 5.75 Å². The lowest BCUT2D eigenvalue weighted by atomic mass is 9.82. The van der Waals surface area contributed by atoms with E-state index in [1.165, 1.54) is 5.19 Å². The summed E-state index contributed by atoms with van der Waals surface area (Å²) in [6.07, 6.45) is 0.288. The molecule has 5 rings (SSSR count). The molecule has 5 nitrogen and oxygen atoms in total. The molecule has 0 saturated carbocycles. The predicted molar refractivity (Wildman–Crippen MR) is 141 cm³/mol. The lowest BCUT2D eigenvalue weighted by Crippen LogP contribution is -2.51. The number of para-hydroxylation sites is 2. The molecule has 2 aliphatic rings. The summed E-state index contributed by atoms with van der Waals surface area (Å²) in [6, 6.07) is 26.1. The Kier molecular flexibility index (Phi) is 6.07. The lowest BCUT2D eigenvalue weighted by molar-refractivity contribution is -0.145. The number of methoxy groups -OCH3 is 1. The van der Waals surface area contributed by atoms with Crippen molar-refractivity contribution in [2.24, 2.45) is 5.92 Å². The molecule has 0 aliphatic carbocycles. The molecule has 1 amide bonds. The number of fused-ring (bicyclic) bond motifs is 2. The van der Waals surface area contributed by atoms with E-state index >= 15 is 0 Å². The van der Waals surface area contributed by atoms with Crippen molar-refractivity contribution in [3.05, 3.63) is 84.4 Å². The van der Waals surface area contributed by atoms with E-state index in [0.29, 0.717) is 6.42 Å². The number of hydrogen-bond donors (Lipinski definition) is 1. The summed E-state index contributed by atoms with van der Waals surface area (Å²) in [5.74, 6) is 0.726. The van der Waals surface area contributed by atoms with E-state index in [0.717, 1.165) is 22.7 Å². The van der Waals surface area contributed by atoms with Crippen LogP contribution in [-0.4, -0.2) is 38.9 Å². The normalized spacial score (nSPS) is 25.8. The van der Waals surface area contributed by atoms with Crippen molar-refractivity contribution >= 4 is 30.5 Å². The number of ether oxygens (including phenoxy) is 2. The minimum atomic E-state index is -2.15. The van der Waals surface area contributed by atoms with E-state index in [9.17, 15) is 9.90 Å². The summed E-state index contributed by atoms with van der Waals surface area (Å²) < 4.78 is 12.3. The first-order chi connectivity index (χ1) is 16.9. The van der Waals surface area contributed by atoms with Crippen molar-refractivity contribution in [2.45, 2.75) is 43.7 Å². The van der Waals surface area contributed by atoms with Gasteiger partial charge in [0.15, 0.2) is 5.60 Å². The van der Waals surface area contributed by atoms with Crippen LogP contribution in [0.2, 0.25) is 18.6 Å². The van der Waals surface area contributed by atoms with Crippen molar-refractivity contribution in [1.82, 2.24) is 0 Å². The topological polar surface area (TPSA) is 59.0 Å². The van der Waals surface area contributed by atoms with Crippen LogP contribution < -0.4 is 14.8 Å². The third kappa shape index (κ3) is 3.54. The third-order valence-corrected chi connectivity index (χ3v) is 12.4. The third-order valence-electron chi connectivity index (χ3n) is 8.08. The van der Waals surface area contributed by atoms with E-state index in [4.69, 9.17) is 9.47 Å². The van der Waals surface area contributed by atoms with Crippen LogP contribution in [0.15, 0.2) is 78.9 Å². The molecule has 2 aliphatic heterocycles. The highest BCUT2D eigenvalue weighted by Gasteiger charge is 2.66. The van der Waals surface area contributed by atoms with Gasteiger partial charge in [-0.3, -0.25) is 9.69 Å². The zero-order valence-electron chi connectivity index (χ0n) is 20.8. The number of anilines is 2. The van der Waals surface area contributed by atoms with Crippen LogP contribution >= 0.6 is 0 Å². The average Bonchev–Trinajstić information content (AvgIpc) is 3.31. The van der Waals surface area contributed by atoms with Crippen molar-refractivity contribution in [2.75, 3.05) is 18.6 Å². The van der Waals surface area contributed by atoms with Crippen LogP contribution in [0.1, 0.15) is 18.9 Å². The van der Waals surface area contributed by atoms with Crippen LogP contribution in [0.25, 0.3) is 0 Å². The number of rotatable bonds is 6. The molecule has 0 radical (unpaired) electrons. The lowest BCUT2D eigenvalue weighted by Gasteiger charge is -2.37. The van der Waals surface area contributed by atoms with E-state index < -0.39 is 13.7 Å². The van der Waals surface area contributed by atoms with Crippen molar-refractivity contribution in [1.29, 1.82) is 0 Å². The van der Waals surface area contributed by atoms with Gasteiger partial charge < -0.3 is 14.6 Å². The SMILES string of the molecule is COc1ccc([Si](C)(C)[C@@H]2[C@@H](CCO)O[C@]3(C(=O)N(c4ccccc4)c4ccccc43)[C@H]2C)cc1. The summed E-state index contributed by atoms with van der Waals surface area (Å²) in [7, 11) is -0.480. The van der Waals surface area contributed by atoms with Gasteiger partial charge >= 0.3 is 0 Å². The summed E-state index contributed by atoms with van der Waals surface area (Å²) >= 11 is 0. The maximum Gasteiger partial charge on any atom is 0.268 e. The van der Waals surface area contributed by atoms with E-state index in [2.05, 4.69) is 32.2 Å². The van der Waals surface area contributed by atoms with Crippen LogP contribution in [0.3, 0.4) is 0 Å². The second-order valence-electron chi connectivity index (χ2n) is 10.2. The molecule has 3 aromatic rings. The van der Waals surface area contributed by atoms with Gasteiger partial charge in [-0.1, -0.05) is 73.7 Å². The molecule has 4 atom stereocenters. The average molecular weight is 488 g/mol. The Morgan fingerprint density at radius 1 is 1.00 bits per heavy atom. The zero-order valence-corrected chi connectivity index (χ0v) is 21.8. The van der Waals surface area contributed by atoms with E-state index in [1.807, 2.05) is 71.6 Å². The summed E-state index contributed by atoms with van der Waals surface area (Å²) in [5.41, 5.74) is 1.70. The minimum absolute atomic E-state index is 0.0231. The van der Waals surface area contributed by atoms with Crippen LogP contribution in [-0.2, 0) is 15.1 Å². The molecule has 0 unspecified atom stereocenters. The van der Waals surface area contributed by atoms with Gasteiger partial charge in [-0.2, -0.15) is 0 Å². The molecular formula is C29H33NO4Si. The van der Waals surface area contributed by atoms with Crippen molar-refractivity contribution < 1.29 is 19.4 Å². The maximum atomic E-state index is 14.4. The maximum absolute atomic E-state index is 14.4. The first-order valence-electron chi connectivity index (χ1n) is 12.3. The summed E-state index contributed by atoms with van der Waals surface area (Å²) in [6.45, 7) is 6.89. The molecule has 0 aromatic heterocycles. The van der Waals surface area contributed by atoms with Crippen LogP contribution in [0.4, 0.5) is 11.4 Å². The number of benzene rings is 3. The van der Waals surface area contributed by atoms with Gasteiger partial charge in [0.25, 0.3) is 5.91 Å². The standard InChI is InChI=1S/C29H33NO4Si/c1-20-27(35(3,4)23-16-14-22(33-2)15-17-23)26(18-19-31)34-29(20)24-12-8-9-13-25(24)30(28(29)32)21-10-6-5-7-11-21/h5-17,20,26-27,31H,18-19H2,1-4H3/t20-,26+,27-,29+/m0/s1. The second kappa shape index (κ2) is 8.93. The number of aliphatic hydroxyl groups is 1. The number of carbonyl (C=O) groups excluding carboxylic acids is 1. The molecule has 3 aromatic carbocycles. The zero-order chi connectivity index (χ0) is 24.8. The number of aliphatic hydroxyl groups excluding tert-OH is 1. The summed E-state index contributed by atoms with van der Waals surface area (Å²) in [5, 5.41) is 11.3. The molecule has 2 heterocycles. The van der Waals surface area contributed by atoms with Gasteiger partial charge in [0, 0.05) is 23.8 Å². The van der Waals surface area contributed by atoms with Gasteiger partial charge in [0.1, 0.15) is 5.75 Å². The highest BCUT2D eigenvalue weighted by atomic mass is 28.3. The van der Waals surface area contributed by atoms with Gasteiger partial charge in [-0.25, -0.2) is 0 Å². The molecule has 6 heteroatoms. The van der Waals surface area contributed by atoms with E-state index in [1.54, 1.807) is 7.11 Å². The molecule has 35 heavy (non-hydrogen) atoms. The predicted octanol–water partition coefficient (Wildman–Crippen LogP) is 4.97. The smallest absolute Gasteiger partial charge is 0.268 e. The first-order valence-corrected chi connectivity index (χ1v) is 15.4. The molecule has 0 bridgehead atoms. The van der Waals surface area contributed by atoms with E-state index in [-0.39, 0.29) is 30.1 Å². The van der Waals surface area contributed by atoms with Gasteiger partial charge in [0.05, 0.1) is 27.0 Å². The number of amides is 1. The fourth-order valence-electron chi connectivity index (χ4n) is 6.42. The Hall–Kier alpha value is -2.93. The van der Waals surface area contributed by atoms with Gasteiger partial charge in [-0.15, -0.1) is 0 Å². The molecule has 1 spiro atoms. The van der Waals surface area contributed by atoms with Gasteiger partial charge in [-0.05, 0) is 42.3 Å². The number of carbonyl (C=O) groups is 1. The van der Waals surface area contributed by atoms with Crippen LogP contribution in [0, 0.1) is 5.92 Å². The summed E-state index contributed by atoms with van der Waals surface area (Å²) in [4.78, 5) is 16.2. The fraction of sp³-hybridized carbons (Fsp3) is 0.345. The van der Waals surface area contributed by atoms with Gasteiger partial charge in [0.2, 0.25) is 0 Å². The monoisotopic (exact) mass is 487 g/mol. The number of hydrogen-bond acceptors (Lipinski definition) is 4. The Morgan fingerprint density at radius 2 is 1.66 bits per heavy atom. The molecule has 1 N–H and O–H groups in total. The molecule has 1 saturated heterocycles. The minimum Gasteiger partial charge on any atom is -0.497 e. The molecule has 1 fully saturated rings. The Balaban J connectivity index is 1.63. The highest BCUT2D eigenvalue weighted by Crippen LogP contribution is 2.60. The second-order valence-corrected chi connectivity index (χ2v) is 14.8. The quantitative estimate of drug-likeness (QED) is 0.499. The number of nitrogens with zero attached hydrogens (tertiary/aromatic N) is 1. The van der Waals surface area contributed by atoms with Crippen molar-refractivity contribution in [3.63, 3.8) is 0 Å². The Morgan fingerprint density at radius 3 is 2.31 bits per heavy atom. The van der Waals surface area contributed by atoms with Crippen molar-refractivity contribution in [3.8, 4) is 5.75 Å². The Bertz CT molecular complexity index is 1210. The molecular weight excluding hydrogens is 454 g/mol. The Labute approximate surface area is 208 Å². The fourth-order valence-corrected chi connectivity index (χ4v) is 10.5. The largest absolute Gasteiger partial charge is 0.497 e. The highest BCUT2D eigenvalue weighted by molar-refractivity contribution is 6.91.